The molecule has 4 aromatic rings. The summed E-state index contributed by atoms with van der Waals surface area (Å²) in [6.07, 6.45) is 1.55. The number of anilines is 1. The van der Waals surface area contributed by atoms with Crippen LogP contribution in [0.25, 0.3) is 17.0 Å². The van der Waals surface area contributed by atoms with Crippen LogP contribution in [-0.2, 0) is 22.5 Å². The maximum atomic E-state index is 5.89. The summed E-state index contributed by atoms with van der Waals surface area (Å²) in [5.41, 5.74) is 4.36. The predicted molar refractivity (Wildman–Crippen MR) is 131 cm³/mol. The standard InChI is InChI=1S/C26H30N6O2/c1-19-9-11-21(12-10-19)18-34-15-5-8-24-28-25(31-13-16-33-17-14-31)30-26(29-24)32-20(2)27-22-6-3-4-7-23(22)32/h3-4,6-7,9-12H,5,8,13-18H2,1-2H3. The first-order valence-electron chi connectivity index (χ1n) is 11.8. The van der Waals surface area contributed by atoms with E-state index in [2.05, 4.69) is 36.1 Å². The van der Waals surface area contributed by atoms with Crippen molar-refractivity contribution in [2.45, 2.75) is 33.3 Å². The number of hydrogen-bond donors (Lipinski definition) is 0. The summed E-state index contributed by atoms with van der Waals surface area (Å²) in [4.78, 5) is 21.3. The van der Waals surface area contributed by atoms with Crippen molar-refractivity contribution in [1.29, 1.82) is 0 Å². The zero-order valence-electron chi connectivity index (χ0n) is 19.8. The number of aryl methyl sites for hydroxylation is 3. The van der Waals surface area contributed by atoms with Crippen molar-refractivity contribution in [2.75, 3.05) is 37.8 Å². The van der Waals surface area contributed by atoms with Crippen molar-refractivity contribution >= 4 is 17.0 Å². The molecular formula is C26H30N6O2. The highest BCUT2D eigenvalue weighted by Crippen LogP contribution is 2.21. The van der Waals surface area contributed by atoms with E-state index in [-0.39, 0.29) is 0 Å². The summed E-state index contributed by atoms with van der Waals surface area (Å²) < 4.78 is 13.4. The van der Waals surface area contributed by atoms with Gasteiger partial charge < -0.3 is 14.4 Å². The van der Waals surface area contributed by atoms with Crippen LogP contribution in [0.3, 0.4) is 0 Å². The number of benzene rings is 2. The quantitative estimate of drug-likeness (QED) is 0.372. The van der Waals surface area contributed by atoms with Crippen LogP contribution >= 0.6 is 0 Å². The average molecular weight is 459 g/mol. The van der Waals surface area contributed by atoms with Crippen LogP contribution in [0, 0.1) is 13.8 Å². The lowest BCUT2D eigenvalue weighted by Gasteiger charge is -2.27. The molecule has 1 aliphatic rings. The van der Waals surface area contributed by atoms with Gasteiger partial charge in [0.25, 0.3) is 0 Å². The van der Waals surface area contributed by atoms with E-state index in [1.807, 2.05) is 35.8 Å². The van der Waals surface area contributed by atoms with Gasteiger partial charge >= 0.3 is 0 Å². The molecule has 0 N–H and O–H groups in total. The third kappa shape index (κ3) is 5.08. The molecule has 0 atom stereocenters. The minimum absolute atomic E-state index is 0.610. The number of morpholine rings is 1. The molecule has 2 aromatic carbocycles. The molecular weight excluding hydrogens is 428 g/mol. The summed E-state index contributed by atoms with van der Waals surface area (Å²) >= 11 is 0. The van der Waals surface area contributed by atoms with Crippen LogP contribution in [0.5, 0.6) is 0 Å². The first-order valence-corrected chi connectivity index (χ1v) is 11.8. The highest BCUT2D eigenvalue weighted by molar-refractivity contribution is 5.77. The molecule has 8 nitrogen and oxygen atoms in total. The van der Waals surface area contributed by atoms with Gasteiger partial charge in [0.1, 0.15) is 11.6 Å². The van der Waals surface area contributed by atoms with Crippen LogP contribution in [0.4, 0.5) is 5.95 Å². The second kappa shape index (κ2) is 10.3. The van der Waals surface area contributed by atoms with E-state index in [1.54, 1.807) is 0 Å². The Morgan fingerprint density at radius 1 is 0.882 bits per heavy atom. The fourth-order valence-electron chi connectivity index (χ4n) is 4.12. The lowest BCUT2D eigenvalue weighted by atomic mass is 10.2. The first-order chi connectivity index (χ1) is 16.7. The van der Waals surface area contributed by atoms with Gasteiger partial charge in [0, 0.05) is 26.1 Å². The number of fused-ring (bicyclic) bond motifs is 1. The third-order valence-electron chi connectivity index (χ3n) is 5.96. The summed E-state index contributed by atoms with van der Waals surface area (Å²) in [7, 11) is 0. The van der Waals surface area contributed by atoms with E-state index < -0.39 is 0 Å². The molecule has 1 saturated heterocycles. The maximum Gasteiger partial charge on any atom is 0.240 e. The molecule has 176 valence electrons. The van der Waals surface area contributed by atoms with Crippen LogP contribution in [0.2, 0.25) is 0 Å². The van der Waals surface area contributed by atoms with Gasteiger partial charge in [-0.2, -0.15) is 15.0 Å². The number of aromatic nitrogens is 5. The predicted octanol–water partition coefficient (Wildman–Crippen LogP) is 3.81. The van der Waals surface area contributed by atoms with E-state index in [0.29, 0.717) is 44.7 Å². The fourth-order valence-corrected chi connectivity index (χ4v) is 4.12. The Bertz CT molecular complexity index is 1250. The lowest BCUT2D eigenvalue weighted by Crippen LogP contribution is -2.37. The molecule has 0 amide bonds. The molecule has 34 heavy (non-hydrogen) atoms. The molecule has 0 unspecified atom stereocenters. The van der Waals surface area contributed by atoms with Gasteiger partial charge in [-0.15, -0.1) is 0 Å². The average Bonchev–Trinajstić information content (AvgIpc) is 3.21. The molecule has 1 aliphatic heterocycles. The molecule has 3 heterocycles. The highest BCUT2D eigenvalue weighted by Gasteiger charge is 2.19. The first kappa shape index (κ1) is 22.4. The van der Waals surface area contributed by atoms with Crippen molar-refractivity contribution in [3.8, 4) is 5.95 Å². The number of nitrogens with zero attached hydrogens (tertiary/aromatic N) is 6. The second-order valence-corrected chi connectivity index (χ2v) is 8.58. The van der Waals surface area contributed by atoms with E-state index >= 15 is 0 Å². The minimum atomic E-state index is 0.610. The van der Waals surface area contributed by atoms with E-state index in [1.165, 1.54) is 11.1 Å². The third-order valence-corrected chi connectivity index (χ3v) is 5.96. The maximum absolute atomic E-state index is 5.89. The lowest BCUT2D eigenvalue weighted by molar-refractivity contribution is 0.118. The summed E-state index contributed by atoms with van der Waals surface area (Å²) in [6.45, 7) is 8.23. The Kier molecular flexibility index (Phi) is 6.78. The number of para-hydroxylation sites is 2. The van der Waals surface area contributed by atoms with Gasteiger partial charge in [-0.1, -0.05) is 42.0 Å². The van der Waals surface area contributed by atoms with Gasteiger partial charge in [-0.05, 0) is 38.0 Å². The Labute approximate surface area is 199 Å². The topological polar surface area (TPSA) is 78.2 Å². The number of ether oxygens (including phenoxy) is 2. The van der Waals surface area contributed by atoms with E-state index in [4.69, 9.17) is 29.4 Å². The van der Waals surface area contributed by atoms with Crippen LogP contribution in [-0.4, -0.2) is 57.4 Å². The van der Waals surface area contributed by atoms with Crippen molar-refractivity contribution in [1.82, 2.24) is 24.5 Å². The number of imidazole rings is 1. The summed E-state index contributed by atoms with van der Waals surface area (Å²) in [5, 5.41) is 0. The summed E-state index contributed by atoms with van der Waals surface area (Å²) in [5.74, 6) is 2.93. The van der Waals surface area contributed by atoms with Crippen LogP contribution in [0.1, 0.15) is 29.2 Å². The Morgan fingerprint density at radius 2 is 1.65 bits per heavy atom. The minimum Gasteiger partial charge on any atom is -0.378 e. The fraction of sp³-hybridized carbons (Fsp3) is 0.385. The molecule has 0 saturated carbocycles. The molecule has 0 spiro atoms. The molecule has 8 heteroatoms. The van der Waals surface area contributed by atoms with Crippen molar-refractivity contribution in [3.63, 3.8) is 0 Å². The van der Waals surface area contributed by atoms with Crippen molar-refractivity contribution < 1.29 is 9.47 Å². The normalized spacial score (nSPS) is 14.1. The van der Waals surface area contributed by atoms with Gasteiger partial charge in [0.2, 0.25) is 11.9 Å². The monoisotopic (exact) mass is 458 g/mol. The number of hydrogen-bond acceptors (Lipinski definition) is 7. The molecule has 1 fully saturated rings. The largest absolute Gasteiger partial charge is 0.378 e. The van der Waals surface area contributed by atoms with Crippen LogP contribution < -0.4 is 4.90 Å². The van der Waals surface area contributed by atoms with Gasteiger partial charge in [-0.3, -0.25) is 4.57 Å². The van der Waals surface area contributed by atoms with Gasteiger partial charge in [0.05, 0.1) is 30.9 Å². The molecule has 0 bridgehead atoms. The zero-order valence-corrected chi connectivity index (χ0v) is 19.8. The van der Waals surface area contributed by atoms with Crippen LogP contribution in [0.15, 0.2) is 48.5 Å². The van der Waals surface area contributed by atoms with Gasteiger partial charge in [-0.25, -0.2) is 4.98 Å². The Hall–Kier alpha value is -3.36. The van der Waals surface area contributed by atoms with Crippen molar-refractivity contribution in [2.24, 2.45) is 0 Å². The Morgan fingerprint density at radius 3 is 2.47 bits per heavy atom. The Balaban J connectivity index is 1.34. The zero-order chi connectivity index (χ0) is 23.3. The number of rotatable bonds is 8. The van der Waals surface area contributed by atoms with E-state index in [9.17, 15) is 0 Å². The highest BCUT2D eigenvalue weighted by atomic mass is 16.5. The van der Waals surface area contributed by atoms with Crippen molar-refractivity contribution in [3.05, 3.63) is 71.3 Å². The SMILES string of the molecule is Cc1ccc(COCCCc2nc(N3CCOCC3)nc(-n3c(C)nc4ccccc43)n2)cc1. The molecule has 0 radical (unpaired) electrons. The smallest absolute Gasteiger partial charge is 0.240 e. The molecule has 0 aliphatic carbocycles. The molecule has 5 rings (SSSR count). The molecule has 2 aromatic heterocycles. The second-order valence-electron chi connectivity index (χ2n) is 8.58. The van der Waals surface area contributed by atoms with Gasteiger partial charge in [0.15, 0.2) is 0 Å². The summed E-state index contributed by atoms with van der Waals surface area (Å²) in [6, 6.07) is 16.5. The van der Waals surface area contributed by atoms with E-state index in [0.717, 1.165) is 42.2 Å².